The van der Waals surface area contributed by atoms with E-state index in [9.17, 15) is 4.79 Å². The number of nitrogens with zero attached hydrogens (tertiary/aromatic N) is 2. The Hall–Kier alpha value is -2.57. The Morgan fingerprint density at radius 1 is 1.06 bits per heavy atom. The molecule has 3 aromatic rings. The lowest BCUT2D eigenvalue weighted by Gasteiger charge is -2.52. The second kappa shape index (κ2) is 10.1. The number of furan rings is 1. The predicted molar refractivity (Wildman–Crippen MR) is 130 cm³/mol. The van der Waals surface area contributed by atoms with Gasteiger partial charge < -0.3 is 13.6 Å². The molecule has 2 aromatic heterocycles. The first-order valence-electron chi connectivity index (χ1n) is 12.1. The van der Waals surface area contributed by atoms with Crippen molar-refractivity contribution < 1.29 is 18.4 Å². The molecule has 3 saturated heterocycles. The molecule has 1 aromatic carbocycles. The molecular formula is C27H33N2O3S+. The molecule has 2 bridgehead atoms. The van der Waals surface area contributed by atoms with E-state index >= 15 is 0 Å². The topological polar surface area (TPSA) is 42.7 Å². The smallest absolute Gasteiger partial charge is 0.411 e. The molecular weight excluding hydrogens is 432 g/mol. The Bertz CT molecular complexity index is 959. The van der Waals surface area contributed by atoms with Crippen LogP contribution in [0, 0.1) is 5.92 Å². The van der Waals surface area contributed by atoms with Crippen LogP contribution in [-0.4, -0.2) is 47.8 Å². The summed E-state index contributed by atoms with van der Waals surface area (Å²) in [5.41, 5.74) is 1.41. The lowest BCUT2D eigenvalue weighted by Crippen LogP contribution is -2.65. The lowest BCUT2D eigenvalue weighted by atomic mass is 9.83. The molecule has 0 saturated carbocycles. The minimum atomic E-state index is -0.221. The van der Waals surface area contributed by atoms with Gasteiger partial charge in [-0.25, -0.2) is 4.79 Å². The maximum Gasteiger partial charge on any atom is 0.411 e. The van der Waals surface area contributed by atoms with Gasteiger partial charge in [0.05, 0.1) is 39.0 Å². The largest absolute Gasteiger partial charge is 0.467 e. The van der Waals surface area contributed by atoms with Crippen molar-refractivity contribution in [3.05, 3.63) is 82.4 Å². The van der Waals surface area contributed by atoms with Gasteiger partial charge in [0.2, 0.25) is 0 Å². The van der Waals surface area contributed by atoms with Crippen molar-refractivity contribution in [2.45, 2.75) is 44.9 Å². The first-order valence-corrected chi connectivity index (χ1v) is 13.0. The van der Waals surface area contributed by atoms with Crippen LogP contribution in [0.3, 0.4) is 0 Å². The molecule has 0 aliphatic carbocycles. The summed E-state index contributed by atoms with van der Waals surface area (Å²) < 4.78 is 12.8. The van der Waals surface area contributed by atoms with Crippen LogP contribution in [0.2, 0.25) is 0 Å². The van der Waals surface area contributed by atoms with Crippen LogP contribution in [0.5, 0.6) is 0 Å². The monoisotopic (exact) mass is 465 g/mol. The quantitative estimate of drug-likeness (QED) is 0.380. The van der Waals surface area contributed by atoms with E-state index in [1.807, 2.05) is 23.6 Å². The number of piperidine rings is 3. The second-order valence-corrected chi connectivity index (χ2v) is 10.6. The number of hydrogen-bond acceptors (Lipinski definition) is 4. The number of carbonyl (C=O) groups excluding carboxylic acids is 1. The highest BCUT2D eigenvalue weighted by Gasteiger charge is 2.47. The SMILES string of the molecule is O=C(O[C@H]1C[N+]2(CCCc3ccccc3)CCC1CC2)N(Cc1ccco1)Cc1cccs1. The van der Waals surface area contributed by atoms with E-state index in [4.69, 9.17) is 9.15 Å². The third-order valence-electron chi connectivity index (χ3n) is 7.35. The Labute approximate surface area is 200 Å². The highest BCUT2D eigenvalue weighted by molar-refractivity contribution is 7.09. The first kappa shape index (κ1) is 22.2. The summed E-state index contributed by atoms with van der Waals surface area (Å²) >= 11 is 1.66. The lowest BCUT2D eigenvalue weighted by molar-refractivity contribution is -0.946. The third kappa shape index (κ3) is 5.50. The zero-order valence-electron chi connectivity index (χ0n) is 19.1. The van der Waals surface area contributed by atoms with Crippen molar-refractivity contribution in [3.63, 3.8) is 0 Å². The van der Waals surface area contributed by atoms with Crippen molar-refractivity contribution in [2.24, 2.45) is 5.92 Å². The predicted octanol–water partition coefficient (Wildman–Crippen LogP) is 5.72. The average Bonchev–Trinajstić information content (AvgIpc) is 3.55. The van der Waals surface area contributed by atoms with Crippen molar-refractivity contribution in [2.75, 3.05) is 26.2 Å². The van der Waals surface area contributed by atoms with Gasteiger partial charge in [-0.2, -0.15) is 0 Å². The van der Waals surface area contributed by atoms with Crippen LogP contribution >= 0.6 is 11.3 Å². The van der Waals surface area contributed by atoms with Crippen LogP contribution in [0.25, 0.3) is 0 Å². The number of carbonyl (C=O) groups is 1. The fourth-order valence-corrected chi connectivity index (χ4v) is 6.22. The van der Waals surface area contributed by atoms with Gasteiger partial charge in [0.25, 0.3) is 0 Å². The molecule has 174 valence electrons. The number of hydrogen-bond donors (Lipinski definition) is 0. The van der Waals surface area contributed by atoms with E-state index in [-0.39, 0.29) is 12.2 Å². The molecule has 6 heteroatoms. The fraction of sp³-hybridized carbons (Fsp3) is 0.444. The van der Waals surface area contributed by atoms with Gasteiger partial charge in [0.15, 0.2) is 6.10 Å². The van der Waals surface area contributed by atoms with E-state index in [0.717, 1.165) is 40.9 Å². The third-order valence-corrected chi connectivity index (χ3v) is 8.21. The van der Waals surface area contributed by atoms with Gasteiger partial charge in [-0.3, -0.25) is 4.90 Å². The molecule has 33 heavy (non-hydrogen) atoms. The summed E-state index contributed by atoms with van der Waals surface area (Å²) in [4.78, 5) is 16.2. The van der Waals surface area contributed by atoms with Crippen LogP contribution in [0.15, 0.2) is 70.7 Å². The highest BCUT2D eigenvalue weighted by Crippen LogP contribution is 2.36. The number of ether oxygens (including phenoxy) is 1. The van der Waals surface area contributed by atoms with Crippen molar-refractivity contribution in [1.29, 1.82) is 0 Å². The molecule has 0 unspecified atom stereocenters. The van der Waals surface area contributed by atoms with E-state index in [0.29, 0.717) is 19.0 Å². The molecule has 5 heterocycles. The van der Waals surface area contributed by atoms with Gasteiger partial charge >= 0.3 is 6.09 Å². The number of fused-ring (bicyclic) bond motifs is 3. The van der Waals surface area contributed by atoms with Gasteiger partial charge in [-0.05, 0) is 35.6 Å². The van der Waals surface area contributed by atoms with Crippen molar-refractivity contribution in [1.82, 2.24) is 4.90 Å². The first-order chi connectivity index (χ1) is 16.2. The molecule has 3 fully saturated rings. The highest BCUT2D eigenvalue weighted by atomic mass is 32.1. The fourth-order valence-electron chi connectivity index (χ4n) is 5.50. The zero-order valence-corrected chi connectivity index (χ0v) is 19.9. The summed E-state index contributed by atoms with van der Waals surface area (Å²) in [6, 6.07) is 18.6. The van der Waals surface area contributed by atoms with Gasteiger partial charge in [-0.1, -0.05) is 36.4 Å². The number of quaternary nitrogens is 1. The maximum atomic E-state index is 13.3. The second-order valence-electron chi connectivity index (χ2n) is 9.56. The van der Waals surface area contributed by atoms with E-state index in [1.54, 1.807) is 22.5 Å². The average molecular weight is 466 g/mol. The minimum absolute atomic E-state index is 0.0131. The summed E-state index contributed by atoms with van der Waals surface area (Å²) in [6.07, 6.45) is 6.06. The summed E-state index contributed by atoms with van der Waals surface area (Å²) in [5.74, 6) is 1.28. The molecule has 1 amide bonds. The number of amides is 1. The number of aryl methyl sites for hydroxylation is 1. The Morgan fingerprint density at radius 3 is 2.64 bits per heavy atom. The van der Waals surface area contributed by atoms with Crippen LogP contribution in [0.1, 0.15) is 35.5 Å². The van der Waals surface area contributed by atoms with Crippen LogP contribution < -0.4 is 0 Å². The Balaban J connectivity index is 1.21. The van der Waals surface area contributed by atoms with Crippen LogP contribution in [0.4, 0.5) is 4.79 Å². The standard InChI is InChI=1S/C27H33N2O3S/c30-27(28(19-24-10-5-17-31-24)20-25-11-6-18-33-25)32-26-21-29(15-12-23(26)13-16-29)14-4-9-22-7-2-1-3-8-22/h1-3,5-8,10-11,17-18,23,26H,4,9,12-16,19-21H2/q+1/t23?,26-,29?/m0/s1. The minimum Gasteiger partial charge on any atom is -0.467 e. The van der Waals surface area contributed by atoms with Crippen molar-refractivity contribution >= 4 is 17.4 Å². The summed E-state index contributed by atoms with van der Waals surface area (Å²) in [5, 5.41) is 2.04. The van der Waals surface area contributed by atoms with Gasteiger partial charge in [0.1, 0.15) is 12.3 Å². The zero-order chi connectivity index (χ0) is 22.5. The molecule has 0 spiro atoms. The number of thiophene rings is 1. The van der Waals surface area contributed by atoms with Gasteiger partial charge in [0, 0.05) is 30.1 Å². The molecule has 3 aliphatic heterocycles. The summed E-state index contributed by atoms with van der Waals surface area (Å²) in [6.45, 7) is 5.54. The Morgan fingerprint density at radius 2 is 1.91 bits per heavy atom. The van der Waals surface area contributed by atoms with Crippen LogP contribution in [-0.2, 0) is 24.2 Å². The molecule has 0 radical (unpaired) electrons. The van der Waals surface area contributed by atoms with Gasteiger partial charge in [-0.15, -0.1) is 11.3 Å². The normalized spacial score (nSPS) is 24.0. The van der Waals surface area contributed by atoms with E-state index in [1.165, 1.54) is 31.6 Å². The molecule has 0 N–H and O–H groups in total. The summed E-state index contributed by atoms with van der Waals surface area (Å²) in [7, 11) is 0. The van der Waals surface area contributed by atoms with Crippen molar-refractivity contribution in [3.8, 4) is 0 Å². The number of rotatable bonds is 9. The molecule has 5 nitrogen and oxygen atoms in total. The molecule has 6 rings (SSSR count). The molecule has 1 atom stereocenters. The van der Waals surface area contributed by atoms with E-state index < -0.39 is 0 Å². The maximum absolute atomic E-state index is 13.3. The Kier molecular flexibility index (Phi) is 6.83. The molecule has 3 aliphatic rings. The number of benzene rings is 1. The van der Waals surface area contributed by atoms with E-state index in [2.05, 4.69) is 36.4 Å².